The number of likely N-dealkylation sites (tertiary alicyclic amines) is 2. The van der Waals surface area contributed by atoms with Crippen molar-refractivity contribution in [3.63, 3.8) is 0 Å². The lowest BCUT2D eigenvalue weighted by molar-refractivity contribution is -0.138. The van der Waals surface area contributed by atoms with Gasteiger partial charge in [-0.2, -0.15) is 0 Å². The zero-order valence-electron chi connectivity index (χ0n) is 17.3. The summed E-state index contributed by atoms with van der Waals surface area (Å²) in [5, 5.41) is 0.619. The van der Waals surface area contributed by atoms with Gasteiger partial charge in [-0.25, -0.2) is 0 Å². The number of hydrogen-bond donors (Lipinski definition) is 0. The Labute approximate surface area is 183 Å². The SMILES string of the molecule is O=C(c1ccc(Cl)cc1)N1CCC[C@@H](C(=O)N2CCC(Cc3ccccc3)CC2)C1. The van der Waals surface area contributed by atoms with E-state index in [9.17, 15) is 9.59 Å². The van der Waals surface area contributed by atoms with E-state index < -0.39 is 0 Å². The molecule has 2 aromatic rings. The Morgan fingerprint density at radius 1 is 0.867 bits per heavy atom. The fourth-order valence-electron chi connectivity index (χ4n) is 4.70. The van der Waals surface area contributed by atoms with Crippen molar-refractivity contribution in [3.05, 3.63) is 70.7 Å². The first kappa shape index (κ1) is 20.9. The standard InChI is InChI=1S/C25H29ClN2O2/c26-23-10-8-21(9-11-23)24(29)28-14-4-7-22(18-28)25(30)27-15-12-20(13-16-27)17-19-5-2-1-3-6-19/h1-3,5-6,8-11,20,22H,4,7,12-18H2/t22-/m1/s1. The van der Waals surface area contributed by atoms with Crippen molar-refractivity contribution < 1.29 is 9.59 Å². The van der Waals surface area contributed by atoms with Crippen molar-refractivity contribution in [2.45, 2.75) is 32.1 Å². The van der Waals surface area contributed by atoms with Crippen LogP contribution in [0.3, 0.4) is 0 Å². The summed E-state index contributed by atoms with van der Waals surface area (Å²) in [6, 6.07) is 17.6. The largest absolute Gasteiger partial charge is 0.342 e. The van der Waals surface area contributed by atoms with Crippen LogP contribution >= 0.6 is 11.6 Å². The van der Waals surface area contributed by atoms with E-state index >= 15 is 0 Å². The first-order chi connectivity index (χ1) is 14.6. The van der Waals surface area contributed by atoms with Crippen molar-refractivity contribution in [2.75, 3.05) is 26.2 Å². The van der Waals surface area contributed by atoms with Crippen LogP contribution in [0.4, 0.5) is 0 Å². The molecule has 0 radical (unpaired) electrons. The molecule has 2 fully saturated rings. The van der Waals surface area contributed by atoms with Crippen molar-refractivity contribution in [2.24, 2.45) is 11.8 Å². The van der Waals surface area contributed by atoms with Gasteiger partial charge in [0.05, 0.1) is 5.92 Å². The maximum Gasteiger partial charge on any atom is 0.253 e. The molecule has 4 rings (SSSR count). The molecule has 2 saturated heterocycles. The molecule has 0 spiro atoms. The molecule has 0 unspecified atom stereocenters. The average molecular weight is 425 g/mol. The summed E-state index contributed by atoms with van der Waals surface area (Å²) < 4.78 is 0. The van der Waals surface area contributed by atoms with Crippen LogP contribution in [0.5, 0.6) is 0 Å². The Kier molecular flexibility index (Phi) is 6.73. The summed E-state index contributed by atoms with van der Waals surface area (Å²) >= 11 is 5.93. The Hall–Kier alpha value is -2.33. The van der Waals surface area contributed by atoms with Gasteiger partial charge >= 0.3 is 0 Å². The Bertz CT molecular complexity index is 860. The van der Waals surface area contributed by atoms with E-state index in [0.29, 0.717) is 29.6 Å². The van der Waals surface area contributed by atoms with Gasteiger partial charge in [0.15, 0.2) is 0 Å². The minimum atomic E-state index is -0.0827. The van der Waals surface area contributed by atoms with Crippen molar-refractivity contribution >= 4 is 23.4 Å². The van der Waals surface area contributed by atoms with Crippen LogP contribution in [0.25, 0.3) is 0 Å². The highest BCUT2D eigenvalue weighted by molar-refractivity contribution is 6.30. The smallest absolute Gasteiger partial charge is 0.253 e. The fourth-order valence-corrected chi connectivity index (χ4v) is 4.83. The van der Waals surface area contributed by atoms with Gasteiger partial charge < -0.3 is 9.80 Å². The molecule has 2 heterocycles. The summed E-state index contributed by atoms with van der Waals surface area (Å²) in [7, 11) is 0. The number of carbonyl (C=O) groups is 2. The molecule has 0 aliphatic carbocycles. The molecule has 2 amide bonds. The third-order valence-corrected chi connectivity index (χ3v) is 6.69. The Morgan fingerprint density at radius 2 is 1.57 bits per heavy atom. The van der Waals surface area contributed by atoms with Crippen molar-refractivity contribution in [1.82, 2.24) is 9.80 Å². The molecule has 158 valence electrons. The minimum absolute atomic E-state index is 0.00858. The van der Waals surface area contributed by atoms with Gasteiger partial charge in [-0.3, -0.25) is 9.59 Å². The van der Waals surface area contributed by atoms with Crippen molar-refractivity contribution in [1.29, 1.82) is 0 Å². The highest BCUT2D eigenvalue weighted by Crippen LogP contribution is 2.26. The van der Waals surface area contributed by atoms with Crippen LogP contribution in [0.15, 0.2) is 54.6 Å². The van der Waals surface area contributed by atoms with E-state index in [-0.39, 0.29) is 17.7 Å². The lowest BCUT2D eigenvalue weighted by Crippen LogP contribution is -2.48. The molecule has 5 heteroatoms. The number of benzene rings is 2. The highest BCUT2D eigenvalue weighted by atomic mass is 35.5. The summed E-state index contributed by atoms with van der Waals surface area (Å²) in [5.74, 6) is 0.777. The predicted octanol–water partition coefficient (Wildman–Crippen LogP) is 4.67. The molecule has 0 saturated carbocycles. The van der Waals surface area contributed by atoms with Gasteiger partial charge in [-0.15, -0.1) is 0 Å². The van der Waals surface area contributed by atoms with E-state index in [0.717, 1.165) is 45.2 Å². The molecule has 30 heavy (non-hydrogen) atoms. The Balaban J connectivity index is 1.30. The van der Waals surface area contributed by atoms with Gasteiger partial charge in [0, 0.05) is 36.8 Å². The zero-order chi connectivity index (χ0) is 20.9. The lowest BCUT2D eigenvalue weighted by Gasteiger charge is -2.38. The zero-order valence-corrected chi connectivity index (χ0v) is 18.1. The summed E-state index contributed by atoms with van der Waals surface area (Å²) in [5.41, 5.74) is 2.01. The van der Waals surface area contributed by atoms with E-state index in [2.05, 4.69) is 30.3 Å². The first-order valence-electron chi connectivity index (χ1n) is 11.0. The molecule has 2 aliphatic heterocycles. The maximum absolute atomic E-state index is 13.1. The molecular formula is C25H29ClN2O2. The van der Waals surface area contributed by atoms with E-state index in [1.54, 1.807) is 24.3 Å². The molecular weight excluding hydrogens is 396 g/mol. The predicted molar refractivity (Wildman–Crippen MR) is 120 cm³/mol. The second-order valence-corrected chi connectivity index (χ2v) is 8.99. The van der Waals surface area contributed by atoms with Crippen LogP contribution in [0.1, 0.15) is 41.6 Å². The van der Waals surface area contributed by atoms with Gasteiger partial charge in [0.1, 0.15) is 0 Å². The molecule has 2 aliphatic rings. The summed E-state index contributed by atoms with van der Waals surface area (Å²) in [6.07, 6.45) is 4.95. The van der Waals surface area contributed by atoms with Crippen LogP contribution < -0.4 is 0 Å². The van der Waals surface area contributed by atoms with Crippen molar-refractivity contribution in [3.8, 4) is 0 Å². The molecule has 4 nitrogen and oxygen atoms in total. The first-order valence-corrected chi connectivity index (χ1v) is 11.4. The van der Waals surface area contributed by atoms with Gasteiger partial charge in [-0.1, -0.05) is 41.9 Å². The lowest BCUT2D eigenvalue weighted by atomic mass is 9.89. The van der Waals surface area contributed by atoms with Crippen LogP contribution in [0, 0.1) is 11.8 Å². The molecule has 0 aromatic heterocycles. The molecule has 2 aromatic carbocycles. The monoisotopic (exact) mass is 424 g/mol. The third kappa shape index (κ3) is 5.04. The topological polar surface area (TPSA) is 40.6 Å². The third-order valence-electron chi connectivity index (χ3n) is 6.44. The van der Waals surface area contributed by atoms with Gasteiger partial charge in [0.25, 0.3) is 5.91 Å². The number of halogens is 1. The number of nitrogens with zero attached hydrogens (tertiary/aromatic N) is 2. The summed E-state index contributed by atoms with van der Waals surface area (Å²) in [4.78, 5) is 29.8. The number of hydrogen-bond acceptors (Lipinski definition) is 2. The van der Waals surface area contributed by atoms with E-state index in [1.807, 2.05) is 9.80 Å². The quantitative estimate of drug-likeness (QED) is 0.715. The molecule has 1 atom stereocenters. The van der Waals surface area contributed by atoms with Crippen LogP contribution in [-0.4, -0.2) is 47.8 Å². The average Bonchev–Trinajstić information content (AvgIpc) is 2.80. The van der Waals surface area contributed by atoms with E-state index in [4.69, 9.17) is 11.6 Å². The normalized spacial score (nSPS) is 20.2. The Morgan fingerprint density at radius 3 is 2.27 bits per heavy atom. The number of rotatable bonds is 4. The number of carbonyl (C=O) groups excluding carboxylic acids is 2. The summed E-state index contributed by atoms with van der Waals surface area (Å²) in [6.45, 7) is 2.89. The van der Waals surface area contributed by atoms with E-state index in [1.165, 1.54) is 5.56 Å². The molecule has 0 N–H and O–H groups in total. The van der Waals surface area contributed by atoms with Crippen LogP contribution in [-0.2, 0) is 11.2 Å². The fraction of sp³-hybridized carbons (Fsp3) is 0.440. The number of amides is 2. The minimum Gasteiger partial charge on any atom is -0.342 e. The number of piperidine rings is 2. The maximum atomic E-state index is 13.1. The molecule has 0 bridgehead atoms. The highest BCUT2D eigenvalue weighted by Gasteiger charge is 2.33. The van der Waals surface area contributed by atoms with Crippen LogP contribution in [0.2, 0.25) is 5.02 Å². The second kappa shape index (κ2) is 9.65. The second-order valence-electron chi connectivity index (χ2n) is 8.56. The van der Waals surface area contributed by atoms with Gasteiger partial charge in [0.2, 0.25) is 5.91 Å². The van der Waals surface area contributed by atoms with Gasteiger partial charge in [-0.05, 0) is 67.9 Å².